The number of nitrogens with one attached hydrogen (secondary N) is 1. The molecule has 126 valence electrons. The molecule has 0 aromatic carbocycles. The maximum absolute atomic E-state index is 14.0. The molecular weight excluding hydrogens is 307 g/mol. The number of hydrogen-bond donors (Lipinski definition) is 4. The number of amides is 1. The molecule has 0 aliphatic carbocycles. The van der Waals surface area contributed by atoms with Gasteiger partial charge in [0.1, 0.15) is 17.9 Å². The van der Waals surface area contributed by atoms with E-state index >= 15 is 0 Å². The predicted octanol–water partition coefficient (Wildman–Crippen LogP) is -0.491. The van der Waals surface area contributed by atoms with Gasteiger partial charge < -0.3 is 30.6 Å². The molecule has 1 aromatic rings. The molecule has 8 nitrogen and oxygen atoms in total. The van der Waals surface area contributed by atoms with Crippen LogP contribution in [0, 0.1) is 0 Å². The van der Waals surface area contributed by atoms with Crippen LogP contribution in [0.1, 0.15) is 41.7 Å². The molecule has 1 amide bonds. The minimum absolute atomic E-state index is 0.140. The summed E-state index contributed by atoms with van der Waals surface area (Å²) in [6.07, 6.45) is -1.76. The van der Waals surface area contributed by atoms with E-state index in [0.29, 0.717) is 12.1 Å². The van der Waals surface area contributed by atoms with E-state index in [4.69, 9.17) is 15.6 Å². The number of alkyl halides is 1. The highest BCUT2D eigenvalue weighted by Gasteiger charge is 2.46. The first-order valence-corrected chi connectivity index (χ1v) is 7.36. The highest BCUT2D eigenvalue weighted by Crippen LogP contribution is 2.35. The molecule has 23 heavy (non-hydrogen) atoms. The van der Waals surface area contributed by atoms with Gasteiger partial charge in [0, 0.05) is 5.92 Å². The number of aromatic nitrogens is 2. The molecule has 1 fully saturated rings. The summed E-state index contributed by atoms with van der Waals surface area (Å²) < 4.78 is 20.8. The van der Waals surface area contributed by atoms with Crippen molar-refractivity contribution in [1.82, 2.24) is 14.9 Å². The molecule has 0 radical (unpaired) electrons. The molecule has 3 heterocycles. The lowest BCUT2D eigenvalue weighted by atomic mass is 9.99. The molecule has 5 N–H and O–H groups in total. The van der Waals surface area contributed by atoms with Crippen molar-refractivity contribution in [3.8, 4) is 0 Å². The number of nitrogens with two attached hydrogens (primary N) is 1. The number of nitrogens with zero attached hydrogens (tertiary/aromatic N) is 2. The summed E-state index contributed by atoms with van der Waals surface area (Å²) in [5, 5.41) is 21.7. The Bertz CT molecular complexity index is 647. The Morgan fingerprint density at radius 2 is 2.35 bits per heavy atom. The molecule has 0 bridgehead atoms. The number of aliphatic hydroxyl groups is 2. The predicted molar refractivity (Wildman–Crippen MR) is 76.9 cm³/mol. The number of ether oxygens (including phenoxy) is 1. The highest BCUT2D eigenvalue weighted by molar-refractivity contribution is 5.94. The fourth-order valence-corrected chi connectivity index (χ4v) is 2.98. The van der Waals surface area contributed by atoms with Gasteiger partial charge >= 0.3 is 0 Å². The third-order valence-electron chi connectivity index (χ3n) is 4.20. The molecule has 9 heteroatoms. The van der Waals surface area contributed by atoms with Crippen molar-refractivity contribution in [2.45, 2.75) is 43.9 Å². The van der Waals surface area contributed by atoms with Gasteiger partial charge in [0.2, 0.25) is 0 Å². The molecule has 0 saturated carbocycles. The van der Waals surface area contributed by atoms with Crippen LogP contribution in [-0.2, 0) is 4.74 Å². The van der Waals surface area contributed by atoms with Gasteiger partial charge in [-0.1, -0.05) is 6.92 Å². The van der Waals surface area contributed by atoms with Crippen molar-refractivity contribution in [3.63, 3.8) is 0 Å². The summed E-state index contributed by atoms with van der Waals surface area (Å²) >= 11 is 0. The van der Waals surface area contributed by atoms with E-state index < -0.39 is 37.1 Å². The van der Waals surface area contributed by atoms with Gasteiger partial charge in [-0.05, 0) is 12.5 Å². The Kier molecular flexibility index (Phi) is 4.09. The number of halogens is 1. The minimum Gasteiger partial charge on any atom is -0.394 e. The zero-order valence-corrected chi connectivity index (χ0v) is 12.5. The highest BCUT2D eigenvalue weighted by atomic mass is 19.1. The normalized spacial score (nSPS) is 36.6. The van der Waals surface area contributed by atoms with Crippen molar-refractivity contribution >= 4 is 5.91 Å². The number of allylic oxidation sites excluding steroid dienone is 1. The monoisotopic (exact) mass is 326 g/mol. The second-order valence-electron chi connectivity index (χ2n) is 5.82. The SMILES string of the molecule is CC1C/C=C(\N)NC(=O)c2ncn([C@@H]3O[C@H](CO)[C@H](F)[C@H]3O)c21. The number of rotatable bonds is 2. The van der Waals surface area contributed by atoms with Crippen LogP contribution in [-0.4, -0.2) is 50.7 Å². The van der Waals surface area contributed by atoms with Crippen molar-refractivity contribution < 1.29 is 24.1 Å². The van der Waals surface area contributed by atoms with Crippen LogP contribution in [0.15, 0.2) is 18.2 Å². The zero-order chi connectivity index (χ0) is 16.7. The van der Waals surface area contributed by atoms with E-state index in [1.54, 1.807) is 6.08 Å². The molecular formula is C14H19FN4O4. The third kappa shape index (κ3) is 2.60. The van der Waals surface area contributed by atoms with Crippen LogP contribution in [0.3, 0.4) is 0 Å². The fraction of sp³-hybridized carbons (Fsp3) is 0.571. The van der Waals surface area contributed by atoms with E-state index in [0.717, 1.165) is 0 Å². The Balaban J connectivity index is 2.00. The number of aliphatic hydroxyl groups excluding tert-OH is 2. The molecule has 0 spiro atoms. The number of carbonyl (C=O) groups excluding carboxylic acids is 1. The summed E-state index contributed by atoms with van der Waals surface area (Å²) in [6.45, 7) is 1.33. The Morgan fingerprint density at radius 3 is 3.00 bits per heavy atom. The summed E-state index contributed by atoms with van der Waals surface area (Å²) in [6, 6.07) is 0. The maximum Gasteiger partial charge on any atom is 0.277 e. The first-order valence-electron chi connectivity index (χ1n) is 7.36. The van der Waals surface area contributed by atoms with Crippen LogP contribution >= 0.6 is 0 Å². The van der Waals surface area contributed by atoms with Crippen molar-refractivity contribution in [2.24, 2.45) is 5.73 Å². The molecule has 3 rings (SSSR count). The van der Waals surface area contributed by atoms with Crippen LogP contribution in [0.2, 0.25) is 0 Å². The fourth-order valence-electron chi connectivity index (χ4n) is 2.98. The lowest BCUT2D eigenvalue weighted by molar-refractivity contribution is -0.0529. The standard InChI is InChI=1S/C14H19FN4O4/c1-6-2-3-8(16)18-13(22)10-11(6)19(5-17-10)14-12(21)9(15)7(4-20)23-14/h3,5-7,9,12,14,20-21H,2,4,16H2,1H3,(H,18,22)/b8-3+/t6?,7-,9+,12-,14-/m1/s1. The number of fused-ring (bicyclic) bond motifs is 1. The van der Waals surface area contributed by atoms with Gasteiger partial charge in [-0.25, -0.2) is 9.37 Å². The van der Waals surface area contributed by atoms with Gasteiger partial charge in [-0.2, -0.15) is 0 Å². The van der Waals surface area contributed by atoms with E-state index in [-0.39, 0.29) is 17.4 Å². The number of carbonyl (C=O) groups is 1. The average molecular weight is 326 g/mol. The largest absolute Gasteiger partial charge is 0.394 e. The lowest BCUT2D eigenvalue weighted by Gasteiger charge is -2.23. The van der Waals surface area contributed by atoms with Gasteiger partial charge in [0.05, 0.1) is 24.4 Å². The lowest BCUT2D eigenvalue weighted by Crippen LogP contribution is -2.32. The quantitative estimate of drug-likeness (QED) is 0.581. The van der Waals surface area contributed by atoms with Gasteiger partial charge in [0.25, 0.3) is 5.91 Å². The van der Waals surface area contributed by atoms with Gasteiger partial charge in [-0.15, -0.1) is 0 Å². The van der Waals surface area contributed by atoms with Crippen molar-refractivity contribution in [1.29, 1.82) is 0 Å². The van der Waals surface area contributed by atoms with Crippen molar-refractivity contribution in [3.05, 3.63) is 29.6 Å². The first kappa shape index (κ1) is 15.9. The van der Waals surface area contributed by atoms with Gasteiger partial charge in [0.15, 0.2) is 12.4 Å². The van der Waals surface area contributed by atoms with Crippen LogP contribution in [0.4, 0.5) is 4.39 Å². The molecule has 1 saturated heterocycles. The molecule has 2 aliphatic heterocycles. The van der Waals surface area contributed by atoms with Crippen LogP contribution < -0.4 is 11.1 Å². The molecule has 2 aliphatic rings. The second kappa shape index (κ2) is 5.91. The maximum atomic E-state index is 14.0. The Labute approximate surface area is 131 Å². The summed E-state index contributed by atoms with van der Waals surface area (Å²) in [5.41, 5.74) is 6.36. The van der Waals surface area contributed by atoms with E-state index in [1.807, 2.05) is 6.92 Å². The Morgan fingerprint density at radius 1 is 1.61 bits per heavy atom. The summed E-state index contributed by atoms with van der Waals surface area (Å²) in [7, 11) is 0. The smallest absolute Gasteiger partial charge is 0.277 e. The number of imidazole rings is 1. The minimum atomic E-state index is -1.71. The average Bonchev–Trinajstić information content (AvgIpc) is 3.06. The van der Waals surface area contributed by atoms with Gasteiger partial charge in [-0.3, -0.25) is 4.79 Å². The van der Waals surface area contributed by atoms with E-state index in [1.165, 1.54) is 10.9 Å². The molecule has 1 unspecified atom stereocenters. The zero-order valence-electron chi connectivity index (χ0n) is 12.5. The van der Waals surface area contributed by atoms with E-state index in [2.05, 4.69) is 10.3 Å². The molecule has 1 aromatic heterocycles. The van der Waals surface area contributed by atoms with Crippen molar-refractivity contribution in [2.75, 3.05) is 6.61 Å². The molecule has 5 atom stereocenters. The van der Waals surface area contributed by atoms with Crippen LogP contribution in [0.25, 0.3) is 0 Å². The number of hydrogen-bond acceptors (Lipinski definition) is 6. The van der Waals surface area contributed by atoms with E-state index in [9.17, 15) is 14.3 Å². The summed E-state index contributed by atoms with van der Waals surface area (Å²) in [5.74, 6) is -0.357. The summed E-state index contributed by atoms with van der Waals surface area (Å²) in [4.78, 5) is 16.3. The first-order chi connectivity index (χ1) is 10.9. The Hall–Kier alpha value is -1.97. The third-order valence-corrected chi connectivity index (χ3v) is 4.20. The topological polar surface area (TPSA) is 123 Å². The second-order valence-corrected chi connectivity index (χ2v) is 5.82. The van der Waals surface area contributed by atoms with Crippen LogP contribution in [0.5, 0.6) is 0 Å².